The Morgan fingerprint density at radius 2 is 2.24 bits per heavy atom. The number of nitrogens with zero attached hydrogens (tertiary/aromatic N) is 1. The highest BCUT2D eigenvalue weighted by atomic mass is 16.5. The fraction of sp³-hybridized carbons (Fsp3) is 0.200. The number of nitrogens with two attached hydrogens (primary N) is 1. The van der Waals surface area contributed by atoms with Gasteiger partial charge in [0.05, 0.1) is 18.8 Å². The maximum atomic E-state index is 12.0. The second kappa shape index (κ2) is 5.80. The SMILES string of the molecule is N[C@H](Cc1c[nH]c2ccccc12)C(=O)NCc1ccno1. The van der Waals surface area contributed by atoms with Gasteiger partial charge in [-0.15, -0.1) is 0 Å². The molecule has 3 aromatic rings. The summed E-state index contributed by atoms with van der Waals surface area (Å²) in [4.78, 5) is 15.2. The van der Waals surface area contributed by atoms with E-state index in [1.165, 1.54) is 6.20 Å². The summed E-state index contributed by atoms with van der Waals surface area (Å²) in [5, 5.41) is 7.41. The number of fused-ring (bicyclic) bond motifs is 1. The number of carbonyl (C=O) groups excluding carboxylic acids is 1. The molecule has 21 heavy (non-hydrogen) atoms. The van der Waals surface area contributed by atoms with Gasteiger partial charge in [0.2, 0.25) is 5.91 Å². The van der Waals surface area contributed by atoms with Crippen LogP contribution >= 0.6 is 0 Å². The molecule has 0 aliphatic rings. The standard InChI is InChI=1S/C15H16N4O2/c16-13(15(20)18-9-11-5-6-19-21-11)7-10-8-17-14-4-2-1-3-12(10)14/h1-6,8,13,17H,7,9,16H2,(H,18,20)/t13-/m1/s1. The number of para-hydroxylation sites is 1. The molecule has 0 aliphatic carbocycles. The molecule has 0 aliphatic heterocycles. The average molecular weight is 284 g/mol. The first kappa shape index (κ1) is 13.4. The summed E-state index contributed by atoms with van der Waals surface area (Å²) in [6.45, 7) is 0.292. The molecule has 1 atom stereocenters. The van der Waals surface area contributed by atoms with E-state index < -0.39 is 6.04 Å². The summed E-state index contributed by atoms with van der Waals surface area (Å²) < 4.78 is 4.92. The molecule has 0 radical (unpaired) electrons. The molecule has 1 aromatic carbocycles. The van der Waals surface area contributed by atoms with Crippen LogP contribution in [0, 0.1) is 0 Å². The number of H-pyrrole nitrogens is 1. The van der Waals surface area contributed by atoms with Crippen LogP contribution in [0.25, 0.3) is 10.9 Å². The third-order valence-corrected chi connectivity index (χ3v) is 3.38. The highest BCUT2D eigenvalue weighted by Gasteiger charge is 2.16. The molecular weight excluding hydrogens is 268 g/mol. The smallest absolute Gasteiger partial charge is 0.237 e. The number of nitrogens with one attached hydrogen (secondary N) is 2. The van der Waals surface area contributed by atoms with Crippen molar-refractivity contribution >= 4 is 16.8 Å². The molecule has 0 unspecified atom stereocenters. The Bertz CT molecular complexity index is 733. The molecule has 4 N–H and O–H groups in total. The van der Waals surface area contributed by atoms with E-state index >= 15 is 0 Å². The second-order valence-electron chi connectivity index (χ2n) is 4.87. The molecule has 3 rings (SSSR count). The Morgan fingerprint density at radius 1 is 1.38 bits per heavy atom. The van der Waals surface area contributed by atoms with Crippen LogP contribution in [0.4, 0.5) is 0 Å². The van der Waals surface area contributed by atoms with E-state index in [1.807, 2.05) is 30.5 Å². The van der Waals surface area contributed by atoms with Crippen molar-refractivity contribution in [3.63, 3.8) is 0 Å². The number of aromatic amines is 1. The van der Waals surface area contributed by atoms with Gasteiger partial charge in [0, 0.05) is 23.2 Å². The number of hydrogen-bond acceptors (Lipinski definition) is 4. The molecule has 2 heterocycles. The van der Waals surface area contributed by atoms with Gasteiger partial charge in [0.1, 0.15) is 0 Å². The largest absolute Gasteiger partial charge is 0.361 e. The van der Waals surface area contributed by atoms with E-state index in [4.69, 9.17) is 10.3 Å². The minimum Gasteiger partial charge on any atom is -0.361 e. The maximum Gasteiger partial charge on any atom is 0.237 e. The monoisotopic (exact) mass is 284 g/mol. The van der Waals surface area contributed by atoms with E-state index in [9.17, 15) is 4.79 Å². The number of carbonyl (C=O) groups is 1. The molecule has 2 aromatic heterocycles. The van der Waals surface area contributed by atoms with Gasteiger partial charge in [-0.3, -0.25) is 4.79 Å². The lowest BCUT2D eigenvalue weighted by Crippen LogP contribution is -2.41. The lowest BCUT2D eigenvalue weighted by molar-refractivity contribution is -0.122. The topological polar surface area (TPSA) is 96.9 Å². The summed E-state index contributed by atoms with van der Waals surface area (Å²) >= 11 is 0. The van der Waals surface area contributed by atoms with Gasteiger partial charge in [-0.25, -0.2) is 0 Å². The fourth-order valence-electron chi connectivity index (χ4n) is 2.27. The van der Waals surface area contributed by atoms with Crippen molar-refractivity contribution in [2.24, 2.45) is 5.73 Å². The Kier molecular flexibility index (Phi) is 3.70. The normalized spacial score (nSPS) is 12.4. The molecule has 6 nitrogen and oxygen atoms in total. The zero-order valence-electron chi connectivity index (χ0n) is 11.4. The van der Waals surface area contributed by atoms with Gasteiger partial charge in [0.25, 0.3) is 0 Å². The lowest BCUT2D eigenvalue weighted by atomic mass is 10.1. The van der Waals surface area contributed by atoms with Gasteiger partial charge in [-0.1, -0.05) is 23.4 Å². The summed E-state index contributed by atoms with van der Waals surface area (Å²) in [6, 6.07) is 9.04. The second-order valence-corrected chi connectivity index (χ2v) is 4.87. The van der Waals surface area contributed by atoms with Crippen molar-refractivity contribution in [3.05, 3.63) is 54.0 Å². The first-order valence-corrected chi connectivity index (χ1v) is 6.72. The molecule has 0 saturated carbocycles. The fourth-order valence-corrected chi connectivity index (χ4v) is 2.27. The van der Waals surface area contributed by atoms with Crippen molar-refractivity contribution in [2.75, 3.05) is 0 Å². The van der Waals surface area contributed by atoms with Gasteiger partial charge in [0.15, 0.2) is 5.76 Å². The van der Waals surface area contributed by atoms with Crippen LogP contribution in [0.2, 0.25) is 0 Å². The van der Waals surface area contributed by atoms with Crippen LogP contribution in [0.1, 0.15) is 11.3 Å². The minimum absolute atomic E-state index is 0.211. The molecular formula is C15H16N4O2. The van der Waals surface area contributed by atoms with Gasteiger partial charge >= 0.3 is 0 Å². The molecule has 0 fully saturated rings. The van der Waals surface area contributed by atoms with Gasteiger partial charge < -0.3 is 20.6 Å². The zero-order valence-corrected chi connectivity index (χ0v) is 11.4. The Morgan fingerprint density at radius 3 is 3.05 bits per heavy atom. The van der Waals surface area contributed by atoms with Crippen LogP contribution in [0.3, 0.4) is 0 Å². The molecule has 6 heteroatoms. The first-order valence-electron chi connectivity index (χ1n) is 6.72. The Labute approximate surface area is 121 Å². The van der Waals surface area contributed by atoms with E-state index in [2.05, 4.69) is 15.5 Å². The summed E-state index contributed by atoms with van der Waals surface area (Å²) in [5.74, 6) is 0.388. The summed E-state index contributed by atoms with van der Waals surface area (Å²) in [6.07, 6.45) is 3.91. The minimum atomic E-state index is -0.605. The predicted octanol–water partition coefficient (Wildman–Crippen LogP) is 1.34. The van der Waals surface area contributed by atoms with Crippen molar-refractivity contribution in [3.8, 4) is 0 Å². The van der Waals surface area contributed by atoms with Crippen LogP contribution in [0.15, 0.2) is 47.2 Å². The Hall–Kier alpha value is -2.60. The van der Waals surface area contributed by atoms with Gasteiger partial charge in [-0.05, 0) is 18.1 Å². The lowest BCUT2D eigenvalue weighted by Gasteiger charge is -2.10. The van der Waals surface area contributed by atoms with Gasteiger partial charge in [-0.2, -0.15) is 0 Å². The number of hydrogen-bond donors (Lipinski definition) is 3. The summed E-state index contributed by atoms with van der Waals surface area (Å²) in [7, 11) is 0. The van der Waals surface area contributed by atoms with Crippen molar-refractivity contribution in [2.45, 2.75) is 19.0 Å². The first-order chi connectivity index (χ1) is 10.2. The van der Waals surface area contributed by atoms with Crippen molar-refractivity contribution < 1.29 is 9.32 Å². The molecule has 0 bridgehead atoms. The van der Waals surface area contributed by atoms with E-state index in [1.54, 1.807) is 6.07 Å². The van der Waals surface area contributed by atoms with E-state index in [0.29, 0.717) is 18.7 Å². The number of benzene rings is 1. The van der Waals surface area contributed by atoms with E-state index in [0.717, 1.165) is 16.5 Å². The van der Waals surface area contributed by atoms with Crippen molar-refractivity contribution in [1.82, 2.24) is 15.5 Å². The predicted molar refractivity (Wildman–Crippen MR) is 78.3 cm³/mol. The maximum absolute atomic E-state index is 12.0. The number of amides is 1. The third kappa shape index (κ3) is 2.95. The number of aromatic nitrogens is 2. The molecule has 0 saturated heterocycles. The highest BCUT2D eigenvalue weighted by Crippen LogP contribution is 2.18. The quantitative estimate of drug-likeness (QED) is 0.658. The molecule has 0 spiro atoms. The highest BCUT2D eigenvalue weighted by molar-refractivity contribution is 5.86. The van der Waals surface area contributed by atoms with Crippen LogP contribution in [0.5, 0.6) is 0 Å². The van der Waals surface area contributed by atoms with Crippen LogP contribution in [-0.2, 0) is 17.8 Å². The van der Waals surface area contributed by atoms with Crippen molar-refractivity contribution in [1.29, 1.82) is 0 Å². The molecule has 108 valence electrons. The average Bonchev–Trinajstić information content (AvgIpc) is 3.15. The van der Waals surface area contributed by atoms with Crippen LogP contribution < -0.4 is 11.1 Å². The van der Waals surface area contributed by atoms with Crippen LogP contribution in [-0.4, -0.2) is 22.1 Å². The Balaban J connectivity index is 1.62. The van der Waals surface area contributed by atoms with E-state index in [-0.39, 0.29) is 5.91 Å². The zero-order chi connectivity index (χ0) is 14.7. The third-order valence-electron chi connectivity index (χ3n) is 3.38. The molecule has 1 amide bonds. The summed E-state index contributed by atoms with van der Waals surface area (Å²) in [5.41, 5.74) is 8.05. The number of rotatable bonds is 5.